The number of nitrogen functional groups attached to an aromatic ring is 1. The molecule has 2 aromatic rings. The van der Waals surface area contributed by atoms with Gasteiger partial charge in [-0.2, -0.15) is 0 Å². The summed E-state index contributed by atoms with van der Waals surface area (Å²) in [5.74, 6) is 2.95. The molecule has 5 rings (SSSR count). The van der Waals surface area contributed by atoms with E-state index in [1.165, 1.54) is 18.4 Å². The highest BCUT2D eigenvalue weighted by Crippen LogP contribution is 2.45. The average molecular weight is 424 g/mol. The van der Waals surface area contributed by atoms with Gasteiger partial charge in [-0.3, -0.25) is 4.79 Å². The van der Waals surface area contributed by atoms with Crippen LogP contribution in [-0.4, -0.2) is 48.2 Å². The van der Waals surface area contributed by atoms with Crippen LogP contribution in [0.25, 0.3) is 0 Å². The van der Waals surface area contributed by atoms with Crippen LogP contribution in [0.2, 0.25) is 0 Å². The minimum atomic E-state index is 0.149. The van der Waals surface area contributed by atoms with Gasteiger partial charge in [0.1, 0.15) is 11.6 Å². The third-order valence-electron chi connectivity index (χ3n) is 6.32. The lowest BCUT2D eigenvalue weighted by atomic mass is 9.84. The van der Waals surface area contributed by atoms with E-state index in [1.54, 1.807) is 13.0 Å². The Bertz CT molecular complexity index is 907. The van der Waals surface area contributed by atoms with Crippen LogP contribution in [0, 0.1) is 18.8 Å². The van der Waals surface area contributed by atoms with Crippen molar-refractivity contribution in [1.82, 2.24) is 9.97 Å². The number of aromatic nitrogens is 2. The second-order valence-electron chi connectivity index (χ2n) is 8.87. The van der Waals surface area contributed by atoms with E-state index in [9.17, 15) is 4.79 Å². The summed E-state index contributed by atoms with van der Waals surface area (Å²) in [4.78, 5) is 25.2. The van der Waals surface area contributed by atoms with E-state index in [1.807, 2.05) is 30.2 Å². The summed E-state index contributed by atoms with van der Waals surface area (Å²) in [5, 5.41) is 0. The van der Waals surface area contributed by atoms with Crippen molar-refractivity contribution in [2.75, 3.05) is 41.8 Å². The normalized spacial score (nSPS) is 22.9. The van der Waals surface area contributed by atoms with Gasteiger partial charge in [0.25, 0.3) is 0 Å². The maximum absolute atomic E-state index is 12.3. The van der Waals surface area contributed by atoms with Crippen molar-refractivity contribution in [3.8, 4) is 0 Å². The third-order valence-corrected chi connectivity index (χ3v) is 6.32. The van der Waals surface area contributed by atoms with Gasteiger partial charge in [0.05, 0.1) is 25.1 Å². The lowest BCUT2D eigenvalue weighted by Gasteiger charge is -2.41. The highest BCUT2D eigenvalue weighted by atomic mass is 16.5. The summed E-state index contributed by atoms with van der Waals surface area (Å²) in [6, 6.07) is 8.12. The van der Waals surface area contributed by atoms with Crippen molar-refractivity contribution < 1.29 is 9.53 Å². The maximum atomic E-state index is 12.3. The third kappa shape index (κ3) is 4.98. The summed E-state index contributed by atoms with van der Waals surface area (Å²) >= 11 is 0. The van der Waals surface area contributed by atoms with Crippen LogP contribution >= 0.6 is 0 Å². The monoisotopic (exact) mass is 423 g/mol. The number of amides is 1. The molecule has 2 fully saturated rings. The molecule has 3 aliphatic rings. The molecular formula is C24H33N5O2. The molecule has 2 N–H and O–H groups in total. The van der Waals surface area contributed by atoms with E-state index in [2.05, 4.69) is 27.9 Å². The van der Waals surface area contributed by atoms with Crippen LogP contribution < -0.4 is 15.5 Å². The fourth-order valence-electron chi connectivity index (χ4n) is 4.76. The van der Waals surface area contributed by atoms with Crippen LogP contribution in [0.4, 0.5) is 17.3 Å². The predicted octanol–water partition coefficient (Wildman–Crippen LogP) is 3.21. The number of ether oxygens (including phenoxy) is 1. The first kappa shape index (κ1) is 21.6. The van der Waals surface area contributed by atoms with Crippen LogP contribution in [0.5, 0.6) is 0 Å². The molecule has 0 aromatic carbocycles. The molecule has 7 heteroatoms. The molecule has 166 valence electrons. The number of fused-ring (bicyclic) bond motifs is 1. The highest BCUT2D eigenvalue weighted by Gasteiger charge is 2.43. The molecule has 1 saturated carbocycles. The topological polar surface area (TPSA) is 84.6 Å². The molecule has 1 amide bonds. The summed E-state index contributed by atoms with van der Waals surface area (Å²) in [7, 11) is 0. The number of hydrogen-bond acceptors (Lipinski definition) is 6. The van der Waals surface area contributed by atoms with Gasteiger partial charge < -0.3 is 20.3 Å². The number of carbonyl (C=O) groups excluding carboxylic acids is 1. The minimum Gasteiger partial charge on any atom is -0.384 e. The number of hydrogen-bond donors (Lipinski definition) is 1. The lowest BCUT2D eigenvalue weighted by molar-refractivity contribution is -0.117. The number of pyridine rings is 2. The number of nitrogens with zero attached hydrogens (tertiary/aromatic N) is 4. The number of rotatable bonds is 2. The van der Waals surface area contributed by atoms with Crippen molar-refractivity contribution >= 4 is 23.2 Å². The summed E-state index contributed by atoms with van der Waals surface area (Å²) < 4.78 is 5.42. The average Bonchev–Trinajstić information content (AvgIpc) is 3.58. The number of anilines is 3. The fourth-order valence-corrected chi connectivity index (χ4v) is 4.76. The largest absolute Gasteiger partial charge is 0.384 e. The Balaban J connectivity index is 0.000000245. The zero-order chi connectivity index (χ0) is 22.0. The summed E-state index contributed by atoms with van der Waals surface area (Å²) in [5.41, 5.74) is 8.61. The van der Waals surface area contributed by atoms with Gasteiger partial charge in [-0.05, 0) is 61.8 Å². The molecule has 2 atom stereocenters. The van der Waals surface area contributed by atoms with Crippen LogP contribution in [0.15, 0.2) is 30.5 Å². The first-order valence-electron chi connectivity index (χ1n) is 11.2. The van der Waals surface area contributed by atoms with E-state index in [-0.39, 0.29) is 5.91 Å². The summed E-state index contributed by atoms with van der Waals surface area (Å²) in [6.07, 6.45) is 5.48. The molecule has 2 aromatic heterocycles. The number of aryl methyl sites for hydroxylation is 1. The predicted molar refractivity (Wildman–Crippen MR) is 123 cm³/mol. The minimum absolute atomic E-state index is 0.149. The Morgan fingerprint density at radius 3 is 2.55 bits per heavy atom. The number of carbonyl (C=O) groups is 1. The van der Waals surface area contributed by atoms with Crippen molar-refractivity contribution in [1.29, 1.82) is 0 Å². The Labute approximate surface area is 184 Å². The molecule has 0 radical (unpaired) electrons. The molecular weight excluding hydrogens is 390 g/mol. The van der Waals surface area contributed by atoms with Crippen LogP contribution in [0.3, 0.4) is 0 Å². The van der Waals surface area contributed by atoms with Gasteiger partial charge in [0, 0.05) is 31.7 Å². The van der Waals surface area contributed by atoms with Gasteiger partial charge in [0.2, 0.25) is 5.91 Å². The molecule has 7 nitrogen and oxygen atoms in total. The van der Waals surface area contributed by atoms with Crippen LogP contribution in [0.1, 0.15) is 37.9 Å². The van der Waals surface area contributed by atoms with E-state index in [0.717, 1.165) is 49.9 Å². The van der Waals surface area contributed by atoms with Gasteiger partial charge >= 0.3 is 0 Å². The standard InChI is InChI=1S/C18H25N3O2.C6H8N2/c1-12-9-15-10-17(20-5-7-23-8-6-20)19-11-16(15)21(13(2)22)18(12)14-3-4-14;1-5-3-2-4-6(7)8-5/h10-12,14,18H,3-9H2,1-2H3;2-4H,1H3,(H2,7,8)/t12?,18-;/m1./s1. The van der Waals surface area contributed by atoms with Crippen molar-refractivity contribution in [2.45, 2.75) is 46.1 Å². The zero-order valence-electron chi connectivity index (χ0n) is 18.8. The van der Waals surface area contributed by atoms with E-state index < -0.39 is 0 Å². The SMILES string of the molecule is CC(=O)N1c2cnc(N3CCOCC3)cc2CC(C)[C@@H]1C1CC1.Cc1cccc(N)n1. The van der Waals surface area contributed by atoms with Gasteiger partial charge in [-0.25, -0.2) is 9.97 Å². The van der Waals surface area contributed by atoms with E-state index in [4.69, 9.17) is 10.5 Å². The Morgan fingerprint density at radius 1 is 1.23 bits per heavy atom. The Morgan fingerprint density at radius 2 is 1.97 bits per heavy atom. The molecule has 1 aliphatic carbocycles. The number of morpholine rings is 1. The second-order valence-corrected chi connectivity index (χ2v) is 8.87. The zero-order valence-corrected chi connectivity index (χ0v) is 18.8. The van der Waals surface area contributed by atoms with Crippen LogP contribution in [-0.2, 0) is 16.0 Å². The molecule has 1 unspecified atom stereocenters. The first-order chi connectivity index (χ1) is 14.9. The van der Waals surface area contributed by atoms with Crippen molar-refractivity contribution in [3.05, 3.63) is 41.7 Å². The maximum Gasteiger partial charge on any atom is 0.224 e. The van der Waals surface area contributed by atoms with E-state index >= 15 is 0 Å². The Hall–Kier alpha value is -2.67. The first-order valence-corrected chi connectivity index (χ1v) is 11.2. The fraction of sp³-hybridized carbons (Fsp3) is 0.542. The van der Waals surface area contributed by atoms with Gasteiger partial charge in [0.15, 0.2) is 0 Å². The smallest absolute Gasteiger partial charge is 0.224 e. The van der Waals surface area contributed by atoms with Gasteiger partial charge in [-0.15, -0.1) is 0 Å². The Kier molecular flexibility index (Phi) is 6.41. The molecule has 4 heterocycles. The molecule has 1 saturated heterocycles. The molecule has 31 heavy (non-hydrogen) atoms. The lowest BCUT2D eigenvalue weighted by Crippen LogP contribution is -2.48. The quantitative estimate of drug-likeness (QED) is 0.798. The van der Waals surface area contributed by atoms with Crippen molar-refractivity contribution in [3.63, 3.8) is 0 Å². The van der Waals surface area contributed by atoms with Crippen molar-refractivity contribution in [2.24, 2.45) is 11.8 Å². The highest BCUT2D eigenvalue weighted by molar-refractivity contribution is 5.93. The van der Waals surface area contributed by atoms with Gasteiger partial charge in [-0.1, -0.05) is 13.0 Å². The number of nitrogens with two attached hydrogens (primary N) is 1. The molecule has 2 aliphatic heterocycles. The second kappa shape index (κ2) is 9.22. The summed E-state index contributed by atoms with van der Waals surface area (Å²) in [6.45, 7) is 9.20. The molecule has 0 spiro atoms. The van der Waals surface area contributed by atoms with E-state index in [0.29, 0.717) is 23.7 Å². The molecule has 0 bridgehead atoms.